The Labute approximate surface area is 109 Å². The van der Waals surface area contributed by atoms with E-state index >= 15 is 0 Å². The molecule has 18 heavy (non-hydrogen) atoms. The van der Waals surface area contributed by atoms with Crippen molar-refractivity contribution >= 4 is 10.3 Å². The maximum absolute atomic E-state index is 10.6. The van der Waals surface area contributed by atoms with E-state index in [1.807, 2.05) is 30.4 Å². The maximum Gasteiger partial charge on any atom is 0.333 e. The molecule has 1 aromatic carbocycles. The molecular formula is C13H19NO3S. The molecule has 0 aliphatic heterocycles. The minimum atomic E-state index is -3.84. The number of allylic oxidation sites excluding steroid dienone is 1. The van der Waals surface area contributed by atoms with Crippen molar-refractivity contribution in [1.82, 2.24) is 0 Å². The van der Waals surface area contributed by atoms with E-state index in [9.17, 15) is 8.42 Å². The molecule has 0 bridgehead atoms. The molecule has 0 aliphatic carbocycles. The van der Waals surface area contributed by atoms with Gasteiger partial charge in [-0.25, -0.2) is 5.14 Å². The lowest BCUT2D eigenvalue weighted by Gasteiger charge is -2.07. The maximum atomic E-state index is 10.6. The van der Waals surface area contributed by atoms with E-state index in [2.05, 4.69) is 16.3 Å². The van der Waals surface area contributed by atoms with Gasteiger partial charge >= 0.3 is 10.3 Å². The molecule has 100 valence electrons. The first-order valence-electron chi connectivity index (χ1n) is 5.87. The topological polar surface area (TPSA) is 69.4 Å². The van der Waals surface area contributed by atoms with E-state index in [-0.39, 0.29) is 0 Å². The molecular weight excluding hydrogens is 250 g/mol. The Kier molecular flexibility index (Phi) is 6.04. The number of rotatable bonds is 7. The second-order valence-electron chi connectivity index (χ2n) is 4.13. The van der Waals surface area contributed by atoms with E-state index in [1.54, 1.807) is 6.92 Å². The summed E-state index contributed by atoms with van der Waals surface area (Å²) < 4.78 is 25.9. The van der Waals surface area contributed by atoms with Gasteiger partial charge in [0.2, 0.25) is 0 Å². The molecule has 0 radical (unpaired) electrons. The normalized spacial score (nSPS) is 13.9. The van der Waals surface area contributed by atoms with Crippen LogP contribution in [0.2, 0.25) is 0 Å². The molecule has 0 spiro atoms. The highest BCUT2D eigenvalue weighted by atomic mass is 32.2. The van der Waals surface area contributed by atoms with Gasteiger partial charge in [0.05, 0.1) is 6.10 Å². The molecule has 1 atom stereocenters. The predicted molar refractivity (Wildman–Crippen MR) is 72.2 cm³/mol. The lowest BCUT2D eigenvalue weighted by molar-refractivity contribution is 0.232. The minimum absolute atomic E-state index is 0.423. The van der Waals surface area contributed by atoms with Crippen molar-refractivity contribution in [3.8, 4) is 0 Å². The van der Waals surface area contributed by atoms with Crippen LogP contribution in [0.15, 0.2) is 42.5 Å². The van der Waals surface area contributed by atoms with Crippen LogP contribution >= 0.6 is 0 Å². The summed E-state index contributed by atoms with van der Waals surface area (Å²) in [7, 11) is -3.84. The van der Waals surface area contributed by atoms with Gasteiger partial charge in [-0.3, -0.25) is 4.18 Å². The quantitative estimate of drug-likeness (QED) is 0.771. The van der Waals surface area contributed by atoms with Crippen molar-refractivity contribution in [2.24, 2.45) is 5.14 Å². The van der Waals surface area contributed by atoms with Gasteiger partial charge in [-0.15, -0.1) is 0 Å². The van der Waals surface area contributed by atoms with Crippen LogP contribution in [0.3, 0.4) is 0 Å². The smallest absolute Gasteiger partial charge is 0.255 e. The van der Waals surface area contributed by atoms with Gasteiger partial charge in [0.25, 0.3) is 0 Å². The van der Waals surface area contributed by atoms with Crippen LogP contribution in [0.1, 0.15) is 25.3 Å². The van der Waals surface area contributed by atoms with Crippen LogP contribution in [0.5, 0.6) is 0 Å². The van der Waals surface area contributed by atoms with Gasteiger partial charge in [0.15, 0.2) is 0 Å². The number of nitrogens with two attached hydrogens (primary N) is 1. The summed E-state index contributed by atoms with van der Waals surface area (Å²) in [6, 6.07) is 10.2. The van der Waals surface area contributed by atoms with Crippen molar-refractivity contribution in [3.05, 3.63) is 48.0 Å². The van der Waals surface area contributed by atoms with E-state index < -0.39 is 16.4 Å². The van der Waals surface area contributed by atoms with Gasteiger partial charge < -0.3 is 0 Å². The molecule has 0 fully saturated rings. The monoisotopic (exact) mass is 269 g/mol. The second-order valence-corrected chi connectivity index (χ2v) is 5.31. The largest absolute Gasteiger partial charge is 0.333 e. The van der Waals surface area contributed by atoms with Crippen LogP contribution in [0, 0.1) is 0 Å². The highest BCUT2D eigenvalue weighted by Crippen LogP contribution is 2.05. The summed E-state index contributed by atoms with van der Waals surface area (Å²) in [6.45, 7) is 1.67. The van der Waals surface area contributed by atoms with Crippen molar-refractivity contribution < 1.29 is 12.6 Å². The molecule has 0 saturated carbocycles. The Balaban J connectivity index is 2.22. The van der Waals surface area contributed by atoms with E-state index in [4.69, 9.17) is 5.14 Å². The van der Waals surface area contributed by atoms with Crippen LogP contribution in [-0.4, -0.2) is 14.5 Å². The summed E-state index contributed by atoms with van der Waals surface area (Å²) >= 11 is 0. The Morgan fingerprint density at radius 3 is 2.56 bits per heavy atom. The SMILES string of the molecule is C[C@H](CC=CCCc1ccccc1)OS(N)(=O)=O. The zero-order chi connectivity index (χ0) is 13.4. The first-order chi connectivity index (χ1) is 8.47. The van der Waals surface area contributed by atoms with E-state index in [0.29, 0.717) is 6.42 Å². The Hall–Kier alpha value is -1.17. The number of benzene rings is 1. The average molecular weight is 269 g/mol. The second kappa shape index (κ2) is 7.31. The van der Waals surface area contributed by atoms with E-state index in [0.717, 1.165) is 12.8 Å². The average Bonchev–Trinajstić information content (AvgIpc) is 2.27. The number of aryl methyl sites for hydroxylation is 1. The van der Waals surface area contributed by atoms with Crippen molar-refractivity contribution in [3.63, 3.8) is 0 Å². The first kappa shape index (κ1) is 14.9. The first-order valence-corrected chi connectivity index (χ1v) is 7.34. The van der Waals surface area contributed by atoms with Gasteiger partial charge in [-0.1, -0.05) is 42.5 Å². The van der Waals surface area contributed by atoms with Gasteiger partial charge in [-0.2, -0.15) is 8.42 Å². The van der Waals surface area contributed by atoms with Gasteiger partial charge in [-0.05, 0) is 31.7 Å². The molecule has 1 aromatic rings. The Bertz CT molecular complexity index is 468. The van der Waals surface area contributed by atoms with Crippen molar-refractivity contribution in [2.75, 3.05) is 0 Å². The summed E-state index contributed by atoms with van der Waals surface area (Å²) in [6.07, 6.45) is 5.95. The van der Waals surface area contributed by atoms with E-state index in [1.165, 1.54) is 5.56 Å². The Morgan fingerprint density at radius 1 is 1.28 bits per heavy atom. The fraction of sp³-hybridized carbons (Fsp3) is 0.385. The molecule has 4 nitrogen and oxygen atoms in total. The number of hydrogen-bond acceptors (Lipinski definition) is 3. The highest BCUT2D eigenvalue weighted by molar-refractivity contribution is 7.84. The van der Waals surface area contributed by atoms with Crippen molar-refractivity contribution in [1.29, 1.82) is 0 Å². The minimum Gasteiger partial charge on any atom is -0.255 e. The molecule has 0 aromatic heterocycles. The molecule has 0 heterocycles. The summed E-state index contributed by atoms with van der Waals surface area (Å²) in [5.74, 6) is 0. The molecule has 0 unspecified atom stereocenters. The molecule has 1 rings (SSSR count). The zero-order valence-corrected chi connectivity index (χ0v) is 11.3. The summed E-state index contributed by atoms with van der Waals surface area (Å²) in [4.78, 5) is 0. The van der Waals surface area contributed by atoms with Crippen LogP contribution in [-0.2, 0) is 20.9 Å². The van der Waals surface area contributed by atoms with Crippen LogP contribution < -0.4 is 5.14 Å². The zero-order valence-electron chi connectivity index (χ0n) is 10.5. The fourth-order valence-corrected chi connectivity index (χ4v) is 2.11. The lowest BCUT2D eigenvalue weighted by Crippen LogP contribution is -2.21. The third-order valence-corrected chi connectivity index (χ3v) is 2.97. The number of hydrogen-bond donors (Lipinski definition) is 1. The molecule has 2 N–H and O–H groups in total. The van der Waals surface area contributed by atoms with Crippen LogP contribution in [0.4, 0.5) is 0 Å². The lowest BCUT2D eigenvalue weighted by atomic mass is 10.1. The Morgan fingerprint density at radius 2 is 1.94 bits per heavy atom. The standard InChI is InChI=1S/C13H19NO3S/c1-12(17-18(14,15)16)8-4-2-5-9-13-10-6-3-7-11-13/h2-4,6-7,10-12H,5,8-9H2,1H3,(H2,14,15,16)/t12-/m1/s1. The van der Waals surface area contributed by atoms with Gasteiger partial charge in [0, 0.05) is 0 Å². The molecule has 5 heteroatoms. The summed E-state index contributed by atoms with van der Waals surface area (Å²) in [5, 5.41) is 4.77. The third-order valence-electron chi connectivity index (χ3n) is 2.38. The van der Waals surface area contributed by atoms with Gasteiger partial charge in [0.1, 0.15) is 0 Å². The molecule has 0 amide bonds. The fourth-order valence-electron chi connectivity index (χ4n) is 1.57. The summed E-state index contributed by atoms with van der Waals surface area (Å²) in [5.41, 5.74) is 1.29. The highest BCUT2D eigenvalue weighted by Gasteiger charge is 2.08. The van der Waals surface area contributed by atoms with Crippen molar-refractivity contribution in [2.45, 2.75) is 32.3 Å². The third kappa shape index (κ3) is 7.21. The molecule has 0 saturated heterocycles. The van der Waals surface area contributed by atoms with Crippen LogP contribution in [0.25, 0.3) is 0 Å². The predicted octanol–water partition coefficient (Wildman–Crippen LogP) is 2.17. The molecule has 0 aliphatic rings.